The zero-order valence-electron chi connectivity index (χ0n) is 11.8. The van der Waals surface area contributed by atoms with Crippen molar-refractivity contribution in [1.82, 2.24) is 9.88 Å². The molecule has 1 aliphatic heterocycles. The molecule has 0 radical (unpaired) electrons. The third-order valence-electron chi connectivity index (χ3n) is 4.20. The molecular weight excluding hydrogens is 240 g/mol. The van der Waals surface area contributed by atoms with Crippen molar-refractivity contribution in [3.05, 3.63) is 29.6 Å². The van der Waals surface area contributed by atoms with Crippen LogP contribution in [0.1, 0.15) is 37.9 Å². The summed E-state index contributed by atoms with van der Waals surface area (Å²) in [5.74, 6) is -0.942. The Labute approximate surface area is 114 Å². The van der Waals surface area contributed by atoms with Crippen molar-refractivity contribution in [2.75, 3.05) is 0 Å². The van der Waals surface area contributed by atoms with E-state index in [1.165, 1.54) is 5.56 Å². The molecule has 2 heterocycles. The van der Waals surface area contributed by atoms with Gasteiger partial charge in [0.05, 0.1) is 11.6 Å². The number of nitrogens with zero attached hydrogens (tertiary/aromatic N) is 2. The molecule has 1 aliphatic rings. The number of pyridine rings is 1. The van der Waals surface area contributed by atoms with E-state index in [-0.39, 0.29) is 12.0 Å². The van der Waals surface area contributed by atoms with Gasteiger partial charge in [-0.25, -0.2) is 0 Å². The van der Waals surface area contributed by atoms with Gasteiger partial charge in [-0.3, -0.25) is 14.7 Å². The van der Waals surface area contributed by atoms with Crippen molar-refractivity contribution in [3.8, 4) is 0 Å². The molecule has 4 nitrogen and oxygen atoms in total. The van der Waals surface area contributed by atoms with Crippen molar-refractivity contribution >= 4 is 5.97 Å². The van der Waals surface area contributed by atoms with Crippen LogP contribution in [0.3, 0.4) is 0 Å². The van der Waals surface area contributed by atoms with E-state index in [1.807, 2.05) is 26.1 Å². The van der Waals surface area contributed by atoms with Gasteiger partial charge in [-0.2, -0.15) is 0 Å². The number of carboxylic acids is 1. The predicted octanol–water partition coefficient (Wildman–Crippen LogP) is 2.46. The minimum atomic E-state index is -0.679. The summed E-state index contributed by atoms with van der Waals surface area (Å²) >= 11 is 0. The fraction of sp³-hybridized carbons (Fsp3) is 0.600. The zero-order chi connectivity index (χ0) is 14.0. The number of likely N-dealkylation sites (tertiary alicyclic amines) is 1. The molecule has 1 saturated heterocycles. The highest BCUT2D eigenvalue weighted by atomic mass is 16.4. The van der Waals surface area contributed by atoms with Crippen molar-refractivity contribution in [2.24, 2.45) is 5.92 Å². The second-order valence-corrected chi connectivity index (χ2v) is 5.61. The minimum Gasteiger partial charge on any atom is -0.481 e. The number of rotatable bonds is 3. The largest absolute Gasteiger partial charge is 0.481 e. The molecule has 0 saturated carbocycles. The monoisotopic (exact) mass is 262 g/mol. The van der Waals surface area contributed by atoms with Crippen LogP contribution in [-0.2, 0) is 11.3 Å². The van der Waals surface area contributed by atoms with Gasteiger partial charge in [-0.05, 0) is 51.3 Å². The molecule has 104 valence electrons. The van der Waals surface area contributed by atoms with Gasteiger partial charge < -0.3 is 5.11 Å². The first-order valence-electron chi connectivity index (χ1n) is 6.89. The lowest BCUT2D eigenvalue weighted by molar-refractivity contribution is -0.146. The topological polar surface area (TPSA) is 53.4 Å². The van der Waals surface area contributed by atoms with Gasteiger partial charge in [0.1, 0.15) is 0 Å². The number of carbonyl (C=O) groups is 1. The van der Waals surface area contributed by atoms with E-state index in [0.29, 0.717) is 6.04 Å². The van der Waals surface area contributed by atoms with Gasteiger partial charge in [0.2, 0.25) is 0 Å². The summed E-state index contributed by atoms with van der Waals surface area (Å²) in [4.78, 5) is 17.9. The normalized spacial score (nSPS) is 28.3. The average Bonchev–Trinajstić information content (AvgIpc) is 2.34. The molecule has 1 N–H and O–H groups in total. The van der Waals surface area contributed by atoms with Gasteiger partial charge in [-0.15, -0.1) is 0 Å². The Kier molecular flexibility index (Phi) is 4.20. The Morgan fingerprint density at radius 1 is 1.47 bits per heavy atom. The lowest BCUT2D eigenvalue weighted by Gasteiger charge is -2.42. The van der Waals surface area contributed by atoms with E-state index in [1.54, 1.807) is 0 Å². The van der Waals surface area contributed by atoms with E-state index in [0.717, 1.165) is 25.1 Å². The Morgan fingerprint density at radius 3 is 2.84 bits per heavy atom. The molecule has 19 heavy (non-hydrogen) atoms. The Morgan fingerprint density at radius 2 is 2.21 bits per heavy atom. The van der Waals surface area contributed by atoms with Crippen LogP contribution in [-0.4, -0.2) is 33.0 Å². The second kappa shape index (κ2) is 5.70. The fourth-order valence-electron chi connectivity index (χ4n) is 2.96. The highest BCUT2D eigenvalue weighted by Crippen LogP contribution is 2.29. The lowest BCUT2D eigenvalue weighted by Crippen LogP contribution is -2.50. The predicted molar refractivity (Wildman–Crippen MR) is 73.8 cm³/mol. The Hall–Kier alpha value is -1.42. The van der Waals surface area contributed by atoms with E-state index < -0.39 is 5.97 Å². The van der Waals surface area contributed by atoms with Gasteiger partial charge in [0.15, 0.2) is 0 Å². The summed E-state index contributed by atoms with van der Waals surface area (Å²) < 4.78 is 0. The molecule has 0 aromatic carbocycles. The van der Waals surface area contributed by atoms with E-state index in [4.69, 9.17) is 0 Å². The Balaban J connectivity index is 2.14. The quantitative estimate of drug-likeness (QED) is 0.909. The first-order chi connectivity index (χ1) is 8.99. The first kappa shape index (κ1) is 14.0. The van der Waals surface area contributed by atoms with E-state index in [9.17, 15) is 9.90 Å². The number of aromatic nitrogens is 1. The second-order valence-electron chi connectivity index (χ2n) is 5.61. The minimum absolute atomic E-state index is 0.0589. The number of hydrogen-bond acceptors (Lipinski definition) is 3. The number of aryl methyl sites for hydroxylation is 1. The molecule has 1 fully saturated rings. The standard InChI is InChI=1S/C15H22N2O2/c1-10-6-7-16-13(8-10)9-17-11(2)4-5-14(12(17)3)15(18)19/h6-8,11-12,14H,4-5,9H2,1-3H3,(H,18,19). The van der Waals surface area contributed by atoms with Gasteiger partial charge in [0, 0.05) is 24.8 Å². The smallest absolute Gasteiger partial charge is 0.308 e. The maximum atomic E-state index is 11.3. The summed E-state index contributed by atoms with van der Waals surface area (Å²) in [6.45, 7) is 6.97. The van der Waals surface area contributed by atoms with Crippen molar-refractivity contribution in [3.63, 3.8) is 0 Å². The van der Waals surface area contributed by atoms with Crippen LogP contribution >= 0.6 is 0 Å². The highest BCUT2D eigenvalue weighted by molar-refractivity contribution is 5.71. The van der Waals surface area contributed by atoms with Crippen molar-refractivity contribution < 1.29 is 9.90 Å². The van der Waals surface area contributed by atoms with Crippen LogP contribution in [0.2, 0.25) is 0 Å². The zero-order valence-corrected chi connectivity index (χ0v) is 11.8. The SMILES string of the molecule is Cc1ccnc(CN2C(C)CCC(C(=O)O)C2C)c1. The van der Waals surface area contributed by atoms with Crippen LogP contribution in [0.15, 0.2) is 18.3 Å². The highest BCUT2D eigenvalue weighted by Gasteiger charge is 2.36. The number of piperidine rings is 1. The molecule has 0 spiro atoms. The van der Waals surface area contributed by atoms with Crippen LogP contribution in [0.5, 0.6) is 0 Å². The summed E-state index contributed by atoms with van der Waals surface area (Å²) in [7, 11) is 0. The number of carboxylic acid groups (broad SMARTS) is 1. The first-order valence-corrected chi connectivity index (χ1v) is 6.89. The lowest BCUT2D eigenvalue weighted by atomic mass is 9.86. The van der Waals surface area contributed by atoms with Crippen LogP contribution in [0, 0.1) is 12.8 Å². The molecule has 1 aromatic heterocycles. The number of hydrogen-bond donors (Lipinski definition) is 1. The average molecular weight is 262 g/mol. The summed E-state index contributed by atoms with van der Waals surface area (Å²) in [6.07, 6.45) is 3.53. The molecule has 0 amide bonds. The molecule has 2 rings (SSSR count). The molecule has 3 unspecified atom stereocenters. The third-order valence-corrected chi connectivity index (χ3v) is 4.20. The molecular formula is C15H22N2O2. The molecule has 4 heteroatoms. The van der Waals surface area contributed by atoms with Crippen LogP contribution in [0.25, 0.3) is 0 Å². The third kappa shape index (κ3) is 3.13. The summed E-state index contributed by atoms with van der Waals surface area (Å²) in [5.41, 5.74) is 2.21. The maximum Gasteiger partial charge on any atom is 0.308 e. The molecule has 1 aromatic rings. The van der Waals surface area contributed by atoms with E-state index in [2.05, 4.69) is 22.9 Å². The summed E-state index contributed by atoms with van der Waals surface area (Å²) in [6, 6.07) is 4.52. The van der Waals surface area contributed by atoms with Gasteiger partial charge >= 0.3 is 5.97 Å². The molecule has 0 aliphatic carbocycles. The van der Waals surface area contributed by atoms with Gasteiger partial charge in [-0.1, -0.05) is 0 Å². The Bertz CT molecular complexity index is 461. The molecule has 0 bridgehead atoms. The van der Waals surface area contributed by atoms with Crippen LogP contribution in [0.4, 0.5) is 0 Å². The van der Waals surface area contributed by atoms with Crippen LogP contribution < -0.4 is 0 Å². The van der Waals surface area contributed by atoms with E-state index >= 15 is 0 Å². The molecule has 3 atom stereocenters. The van der Waals surface area contributed by atoms with Gasteiger partial charge in [0.25, 0.3) is 0 Å². The fourth-order valence-corrected chi connectivity index (χ4v) is 2.96. The van der Waals surface area contributed by atoms with Crippen molar-refractivity contribution in [1.29, 1.82) is 0 Å². The number of aliphatic carboxylic acids is 1. The summed E-state index contributed by atoms with van der Waals surface area (Å²) in [5, 5.41) is 9.28. The van der Waals surface area contributed by atoms with Crippen molar-refractivity contribution in [2.45, 2.75) is 52.2 Å². The maximum absolute atomic E-state index is 11.3.